The second kappa shape index (κ2) is 6.88. The summed E-state index contributed by atoms with van der Waals surface area (Å²) >= 11 is 0. The van der Waals surface area contributed by atoms with Gasteiger partial charge in [-0.3, -0.25) is 18.7 Å². The zero-order chi connectivity index (χ0) is 18.0. The average molecular weight is 344 g/mol. The van der Waals surface area contributed by atoms with Gasteiger partial charge in [0.15, 0.2) is 11.5 Å². The zero-order valence-corrected chi connectivity index (χ0v) is 14.2. The molecule has 132 valence electrons. The first-order valence-electron chi connectivity index (χ1n) is 8.14. The smallest absolute Gasteiger partial charge is 0.332 e. The number of hydrogen-bond donors (Lipinski definition) is 1. The number of carbonyl (C=O) groups excluding carboxylic acids is 1. The largest absolute Gasteiger partial charge is 0.355 e. The van der Waals surface area contributed by atoms with E-state index < -0.39 is 17.2 Å². The first-order valence-corrected chi connectivity index (χ1v) is 8.14. The highest BCUT2D eigenvalue weighted by Gasteiger charge is 2.15. The van der Waals surface area contributed by atoms with Gasteiger partial charge in [0, 0.05) is 33.3 Å². The van der Waals surface area contributed by atoms with Gasteiger partial charge >= 0.3 is 5.69 Å². The third-order valence-electron chi connectivity index (χ3n) is 4.33. The Balaban J connectivity index is 1.78. The second-order valence-corrected chi connectivity index (χ2v) is 6.05. The van der Waals surface area contributed by atoms with E-state index in [9.17, 15) is 14.4 Å². The minimum absolute atomic E-state index is 0.111. The Labute approximate surface area is 143 Å². The number of aromatic nitrogens is 4. The molecular formula is C16H20N6O3. The van der Waals surface area contributed by atoms with Crippen molar-refractivity contribution in [2.24, 2.45) is 14.1 Å². The Kier molecular flexibility index (Phi) is 4.64. The minimum atomic E-state index is -0.527. The molecule has 0 radical (unpaired) electrons. The fourth-order valence-corrected chi connectivity index (χ4v) is 2.77. The third kappa shape index (κ3) is 3.44. The molecule has 1 N–H and O–H groups in total. The van der Waals surface area contributed by atoms with Gasteiger partial charge in [0.1, 0.15) is 5.82 Å². The summed E-state index contributed by atoms with van der Waals surface area (Å²) in [6, 6.07) is 4.54. The molecule has 3 heterocycles. The lowest BCUT2D eigenvalue weighted by atomic mass is 10.1. The van der Waals surface area contributed by atoms with Gasteiger partial charge in [0.2, 0.25) is 0 Å². The van der Waals surface area contributed by atoms with E-state index in [2.05, 4.69) is 20.4 Å². The van der Waals surface area contributed by atoms with Gasteiger partial charge in [0.25, 0.3) is 11.5 Å². The molecule has 1 aliphatic heterocycles. The standard InChI is InChI=1S/C16H20N6O3/c1-20-13(10-14(23)21(2)16(20)25)17-15(24)11-6-7-12(19-18-11)22-8-4-3-5-9-22/h6-7,10H,3-5,8-9H2,1-2H3,(H,17,24). The van der Waals surface area contributed by atoms with Gasteiger partial charge in [0.05, 0.1) is 0 Å². The number of rotatable bonds is 3. The van der Waals surface area contributed by atoms with Crippen LogP contribution in [0, 0.1) is 0 Å². The number of piperidine rings is 1. The monoisotopic (exact) mass is 344 g/mol. The van der Waals surface area contributed by atoms with Crippen molar-refractivity contribution in [3.05, 3.63) is 44.7 Å². The molecule has 1 aliphatic rings. The summed E-state index contributed by atoms with van der Waals surface area (Å²) in [4.78, 5) is 38.1. The number of anilines is 2. The van der Waals surface area contributed by atoms with Crippen molar-refractivity contribution >= 4 is 17.5 Å². The van der Waals surface area contributed by atoms with Crippen LogP contribution < -0.4 is 21.5 Å². The molecule has 9 nitrogen and oxygen atoms in total. The van der Waals surface area contributed by atoms with Crippen LogP contribution in [0.1, 0.15) is 29.8 Å². The van der Waals surface area contributed by atoms with Crippen LogP contribution in [0.25, 0.3) is 0 Å². The Morgan fingerprint density at radius 3 is 2.40 bits per heavy atom. The van der Waals surface area contributed by atoms with Crippen LogP contribution in [0.15, 0.2) is 27.8 Å². The van der Waals surface area contributed by atoms with Crippen molar-refractivity contribution in [2.45, 2.75) is 19.3 Å². The van der Waals surface area contributed by atoms with Crippen LogP contribution in [-0.2, 0) is 14.1 Å². The van der Waals surface area contributed by atoms with E-state index in [1.165, 1.54) is 31.1 Å². The van der Waals surface area contributed by atoms with E-state index in [4.69, 9.17) is 0 Å². The summed E-state index contributed by atoms with van der Waals surface area (Å²) in [6.07, 6.45) is 3.47. The number of amides is 1. The molecule has 0 spiro atoms. The van der Waals surface area contributed by atoms with E-state index in [0.717, 1.165) is 36.3 Å². The molecule has 2 aromatic heterocycles. The summed E-state index contributed by atoms with van der Waals surface area (Å²) in [5.41, 5.74) is -0.895. The molecule has 1 amide bonds. The highest BCUT2D eigenvalue weighted by atomic mass is 16.2. The molecule has 9 heteroatoms. The van der Waals surface area contributed by atoms with Crippen LogP contribution >= 0.6 is 0 Å². The van der Waals surface area contributed by atoms with Crippen molar-refractivity contribution in [3.8, 4) is 0 Å². The van der Waals surface area contributed by atoms with Gasteiger partial charge in [-0.15, -0.1) is 10.2 Å². The van der Waals surface area contributed by atoms with Crippen molar-refractivity contribution < 1.29 is 4.79 Å². The number of hydrogen-bond acceptors (Lipinski definition) is 6. The second-order valence-electron chi connectivity index (χ2n) is 6.05. The molecular weight excluding hydrogens is 324 g/mol. The molecule has 1 fully saturated rings. The lowest BCUT2D eigenvalue weighted by Crippen LogP contribution is -2.38. The summed E-state index contributed by atoms with van der Waals surface area (Å²) in [7, 11) is 2.85. The first-order chi connectivity index (χ1) is 12.0. The van der Waals surface area contributed by atoms with Crippen LogP contribution in [-0.4, -0.2) is 38.3 Å². The van der Waals surface area contributed by atoms with Crippen molar-refractivity contribution in [2.75, 3.05) is 23.3 Å². The molecule has 0 aliphatic carbocycles. The van der Waals surface area contributed by atoms with E-state index in [1.807, 2.05) is 0 Å². The summed E-state index contributed by atoms with van der Waals surface area (Å²) in [6.45, 7) is 1.88. The lowest BCUT2D eigenvalue weighted by Gasteiger charge is -2.27. The normalized spacial score (nSPS) is 14.4. The SMILES string of the molecule is Cn1c(NC(=O)c2ccc(N3CCCCC3)nn2)cc(=O)n(C)c1=O. The van der Waals surface area contributed by atoms with Crippen LogP contribution in [0.5, 0.6) is 0 Å². The average Bonchev–Trinajstić information content (AvgIpc) is 2.65. The number of carbonyl (C=O) groups is 1. The Hall–Kier alpha value is -2.97. The Bertz CT molecular complexity index is 894. The maximum absolute atomic E-state index is 12.3. The summed E-state index contributed by atoms with van der Waals surface area (Å²) < 4.78 is 2.15. The van der Waals surface area contributed by atoms with Crippen LogP contribution in [0.3, 0.4) is 0 Å². The molecule has 0 atom stereocenters. The summed E-state index contributed by atoms with van der Waals surface area (Å²) in [5.74, 6) is 0.332. The first kappa shape index (κ1) is 16.9. The minimum Gasteiger partial charge on any atom is -0.355 e. The molecule has 2 aromatic rings. The molecule has 3 rings (SSSR count). The van der Waals surface area contributed by atoms with Crippen molar-refractivity contribution in [1.82, 2.24) is 19.3 Å². The topological polar surface area (TPSA) is 102 Å². The molecule has 0 bridgehead atoms. The summed E-state index contributed by atoms with van der Waals surface area (Å²) in [5, 5.41) is 10.6. The lowest BCUT2D eigenvalue weighted by molar-refractivity contribution is 0.102. The molecule has 0 saturated carbocycles. The van der Waals surface area contributed by atoms with Gasteiger partial charge in [-0.05, 0) is 31.4 Å². The zero-order valence-electron chi connectivity index (χ0n) is 14.2. The van der Waals surface area contributed by atoms with Crippen molar-refractivity contribution in [1.29, 1.82) is 0 Å². The molecule has 0 aromatic carbocycles. The van der Waals surface area contributed by atoms with Crippen LogP contribution in [0.4, 0.5) is 11.6 Å². The fraction of sp³-hybridized carbons (Fsp3) is 0.438. The van der Waals surface area contributed by atoms with E-state index in [0.29, 0.717) is 0 Å². The quantitative estimate of drug-likeness (QED) is 0.848. The van der Waals surface area contributed by atoms with Crippen molar-refractivity contribution in [3.63, 3.8) is 0 Å². The molecule has 25 heavy (non-hydrogen) atoms. The number of nitrogens with zero attached hydrogens (tertiary/aromatic N) is 5. The third-order valence-corrected chi connectivity index (χ3v) is 4.33. The Morgan fingerprint density at radius 1 is 1.04 bits per heavy atom. The van der Waals surface area contributed by atoms with Gasteiger partial charge in [-0.25, -0.2) is 4.79 Å². The molecule has 1 saturated heterocycles. The Morgan fingerprint density at radius 2 is 1.76 bits per heavy atom. The highest BCUT2D eigenvalue weighted by molar-refractivity contribution is 6.02. The number of nitrogens with one attached hydrogen (secondary N) is 1. The predicted octanol–water partition coefficient (Wildman–Crippen LogP) is 0.117. The van der Waals surface area contributed by atoms with Gasteiger partial charge < -0.3 is 10.2 Å². The van der Waals surface area contributed by atoms with Crippen LogP contribution in [0.2, 0.25) is 0 Å². The van der Waals surface area contributed by atoms with E-state index in [-0.39, 0.29) is 11.5 Å². The van der Waals surface area contributed by atoms with Gasteiger partial charge in [-0.1, -0.05) is 0 Å². The molecule has 0 unspecified atom stereocenters. The fourth-order valence-electron chi connectivity index (χ4n) is 2.77. The maximum atomic E-state index is 12.3. The maximum Gasteiger partial charge on any atom is 0.332 e. The van der Waals surface area contributed by atoms with E-state index >= 15 is 0 Å². The predicted molar refractivity (Wildman–Crippen MR) is 93.0 cm³/mol. The van der Waals surface area contributed by atoms with E-state index in [1.54, 1.807) is 12.1 Å². The van der Waals surface area contributed by atoms with Gasteiger partial charge in [-0.2, -0.15) is 0 Å². The highest BCUT2D eigenvalue weighted by Crippen LogP contribution is 2.16.